The Morgan fingerprint density at radius 3 is 3.00 bits per heavy atom. The number of allylic oxidation sites excluding steroid dienone is 2. The maximum absolute atomic E-state index is 10.7. The number of hydrogen-bond acceptors (Lipinski definition) is 2. The van der Waals surface area contributed by atoms with Crippen LogP contribution in [0.5, 0.6) is 0 Å². The first-order chi connectivity index (χ1) is 5.24. The fraction of sp³-hybridized carbons (Fsp3) is 0.667. The monoisotopic (exact) mass is 153 g/mol. The van der Waals surface area contributed by atoms with Crippen LogP contribution in [0.15, 0.2) is 11.6 Å². The van der Waals surface area contributed by atoms with Crippen molar-refractivity contribution in [3.63, 3.8) is 0 Å². The molecule has 0 aliphatic heterocycles. The second-order valence-corrected chi connectivity index (χ2v) is 3.15. The third-order valence-corrected chi connectivity index (χ3v) is 1.96. The van der Waals surface area contributed by atoms with Gasteiger partial charge in [0.2, 0.25) is 0 Å². The van der Waals surface area contributed by atoms with Gasteiger partial charge < -0.3 is 5.73 Å². The van der Waals surface area contributed by atoms with E-state index in [1.165, 1.54) is 5.57 Å². The molecule has 0 heterocycles. The number of carbonyl (C=O) groups is 1. The number of rotatable bonds is 5. The van der Waals surface area contributed by atoms with Crippen LogP contribution in [0, 0.1) is 5.92 Å². The summed E-state index contributed by atoms with van der Waals surface area (Å²) in [6.45, 7) is 2.40. The van der Waals surface area contributed by atoms with Crippen molar-refractivity contribution < 1.29 is 4.79 Å². The van der Waals surface area contributed by atoms with Crippen LogP contribution in [0.3, 0.4) is 0 Å². The lowest BCUT2D eigenvalue weighted by molar-refractivity contribution is -0.117. The Bertz CT molecular complexity index is 184. The minimum Gasteiger partial charge on any atom is -0.330 e. The third-order valence-electron chi connectivity index (χ3n) is 1.96. The highest BCUT2D eigenvalue weighted by atomic mass is 16.1. The molecule has 0 radical (unpaired) electrons. The Balaban J connectivity index is 2.06. The molecule has 1 aliphatic rings. The molecule has 0 fully saturated rings. The highest BCUT2D eigenvalue weighted by Crippen LogP contribution is 2.35. The van der Waals surface area contributed by atoms with Crippen molar-refractivity contribution in [1.29, 1.82) is 0 Å². The molecule has 1 unspecified atom stereocenters. The van der Waals surface area contributed by atoms with Gasteiger partial charge in [-0.3, -0.25) is 4.79 Å². The molecule has 0 saturated carbocycles. The standard InChI is InChI=1S/C9H15NO/c1-7(11)5-9-6-8(9)3-2-4-10/h6,9H,2-5,10H2,1H3. The lowest BCUT2D eigenvalue weighted by Crippen LogP contribution is -1.98. The average Bonchev–Trinajstić information content (AvgIpc) is 2.62. The molecule has 0 bridgehead atoms. The fourth-order valence-electron chi connectivity index (χ4n) is 1.28. The maximum Gasteiger partial charge on any atom is 0.130 e. The zero-order chi connectivity index (χ0) is 8.27. The smallest absolute Gasteiger partial charge is 0.130 e. The molecule has 1 atom stereocenters. The Labute approximate surface area is 67.5 Å². The van der Waals surface area contributed by atoms with Gasteiger partial charge in [-0.25, -0.2) is 0 Å². The van der Waals surface area contributed by atoms with Crippen LogP contribution in [-0.2, 0) is 4.79 Å². The molecule has 62 valence electrons. The molecule has 2 N–H and O–H groups in total. The minimum absolute atomic E-state index is 0.286. The molecule has 11 heavy (non-hydrogen) atoms. The fourth-order valence-corrected chi connectivity index (χ4v) is 1.28. The van der Waals surface area contributed by atoms with Crippen LogP contribution >= 0.6 is 0 Å². The normalized spacial score (nSPS) is 21.3. The van der Waals surface area contributed by atoms with E-state index in [9.17, 15) is 4.79 Å². The van der Waals surface area contributed by atoms with Crippen molar-refractivity contribution in [3.05, 3.63) is 11.6 Å². The largest absolute Gasteiger partial charge is 0.330 e. The molecule has 2 heteroatoms. The van der Waals surface area contributed by atoms with Crippen molar-refractivity contribution in [3.8, 4) is 0 Å². The minimum atomic E-state index is 0.286. The van der Waals surface area contributed by atoms with Crippen LogP contribution in [-0.4, -0.2) is 12.3 Å². The van der Waals surface area contributed by atoms with Crippen LogP contribution < -0.4 is 5.73 Å². The maximum atomic E-state index is 10.7. The van der Waals surface area contributed by atoms with Crippen LogP contribution in [0.4, 0.5) is 0 Å². The second-order valence-electron chi connectivity index (χ2n) is 3.15. The van der Waals surface area contributed by atoms with Gasteiger partial charge in [-0.1, -0.05) is 11.6 Å². The van der Waals surface area contributed by atoms with Gasteiger partial charge in [0.15, 0.2) is 0 Å². The molecule has 0 saturated heterocycles. The Hall–Kier alpha value is -0.630. The van der Waals surface area contributed by atoms with Crippen molar-refractivity contribution in [2.75, 3.05) is 6.54 Å². The second kappa shape index (κ2) is 3.67. The molecule has 0 amide bonds. The SMILES string of the molecule is CC(=O)CC1C=C1CCCN. The van der Waals surface area contributed by atoms with Crippen molar-refractivity contribution in [2.45, 2.75) is 26.2 Å². The summed E-state index contributed by atoms with van der Waals surface area (Å²) in [5.74, 6) is 0.785. The topological polar surface area (TPSA) is 43.1 Å². The van der Waals surface area contributed by atoms with Gasteiger partial charge in [0.1, 0.15) is 5.78 Å². The predicted octanol–water partition coefficient (Wildman–Crippen LogP) is 1.26. The summed E-state index contributed by atoms with van der Waals surface area (Å²) in [7, 11) is 0. The molecule has 0 spiro atoms. The summed E-state index contributed by atoms with van der Waals surface area (Å²) in [5.41, 5.74) is 6.79. The first kappa shape index (κ1) is 8.47. The van der Waals surface area contributed by atoms with Crippen LogP contribution in [0.1, 0.15) is 26.2 Å². The van der Waals surface area contributed by atoms with Gasteiger partial charge in [0.05, 0.1) is 0 Å². The van der Waals surface area contributed by atoms with E-state index >= 15 is 0 Å². The van der Waals surface area contributed by atoms with Crippen LogP contribution in [0.2, 0.25) is 0 Å². The molecular formula is C9H15NO. The average molecular weight is 153 g/mol. The van der Waals surface area contributed by atoms with E-state index < -0.39 is 0 Å². The first-order valence-electron chi connectivity index (χ1n) is 4.14. The van der Waals surface area contributed by atoms with E-state index in [2.05, 4.69) is 6.08 Å². The van der Waals surface area contributed by atoms with Crippen molar-refractivity contribution >= 4 is 5.78 Å². The highest BCUT2D eigenvalue weighted by molar-refractivity contribution is 5.77. The zero-order valence-electron chi connectivity index (χ0n) is 6.97. The summed E-state index contributed by atoms with van der Waals surface area (Å²) in [4.78, 5) is 10.7. The summed E-state index contributed by atoms with van der Waals surface area (Å²) in [5, 5.41) is 0. The van der Waals surface area contributed by atoms with E-state index in [1.807, 2.05) is 0 Å². The quantitative estimate of drug-likeness (QED) is 0.604. The predicted molar refractivity (Wildman–Crippen MR) is 45.2 cm³/mol. The number of ketones is 1. The lowest BCUT2D eigenvalue weighted by Gasteiger charge is -1.95. The molecule has 1 aliphatic carbocycles. The lowest BCUT2D eigenvalue weighted by atomic mass is 10.1. The molecule has 0 aromatic rings. The Morgan fingerprint density at radius 1 is 1.73 bits per heavy atom. The third kappa shape index (κ3) is 2.85. The summed E-state index contributed by atoms with van der Waals surface area (Å²) >= 11 is 0. The number of nitrogens with two attached hydrogens (primary N) is 1. The van der Waals surface area contributed by atoms with Gasteiger partial charge in [-0.2, -0.15) is 0 Å². The van der Waals surface area contributed by atoms with Gasteiger partial charge in [0, 0.05) is 12.3 Å². The molecule has 1 rings (SSSR count). The highest BCUT2D eigenvalue weighted by Gasteiger charge is 2.24. The summed E-state index contributed by atoms with van der Waals surface area (Å²) in [6.07, 6.45) is 5.03. The number of hydrogen-bond donors (Lipinski definition) is 1. The van der Waals surface area contributed by atoms with Crippen LogP contribution in [0.25, 0.3) is 0 Å². The number of Topliss-reactive ketones (excluding diaryl/α,β-unsaturated/α-hetero) is 1. The van der Waals surface area contributed by atoms with E-state index in [0.717, 1.165) is 19.4 Å². The number of carbonyl (C=O) groups excluding carboxylic acids is 1. The zero-order valence-corrected chi connectivity index (χ0v) is 6.97. The van der Waals surface area contributed by atoms with E-state index in [1.54, 1.807) is 6.92 Å². The molecule has 0 aromatic heterocycles. The van der Waals surface area contributed by atoms with Gasteiger partial charge in [-0.05, 0) is 26.3 Å². The van der Waals surface area contributed by atoms with Crippen molar-refractivity contribution in [1.82, 2.24) is 0 Å². The van der Waals surface area contributed by atoms with E-state index in [-0.39, 0.29) is 5.78 Å². The van der Waals surface area contributed by atoms with Gasteiger partial charge >= 0.3 is 0 Å². The molecular weight excluding hydrogens is 138 g/mol. The Morgan fingerprint density at radius 2 is 2.45 bits per heavy atom. The summed E-state index contributed by atoms with van der Waals surface area (Å²) in [6, 6.07) is 0. The van der Waals surface area contributed by atoms with E-state index in [4.69, 9.17) is 5.73 Å². The molecule has 2 nitrogen and oxygen atoms in total. The van der Waals surface area contributed by atoms with Gasteiger partial charge in [-0.15, -0.1) is 0 Å². The van der Waals surface area contributed by atoms with Gasteiger partial charge in [0.25, 0.3) is 0 Å². The Kier molecular flexibility index (Phi) is 2.83. The summed E-state index contributed by atoms with van der Waals surface area (Å²) < 4.78 is 0. The van der Waals surface area contributed by atoms with Crippen molar-refractivity contribution in [2.24, 2.45) is 11.7 Å². The molecule has 0 aromatic carbocycles. The first-order valence-corrected chi connectivity index (χ1v) is 4.14. The van der Waals surface area contributed by atoms with E-state index in [0.29, 0.717) is 12.3 Å².